The highest BCUT2D eigenvalue weighted by Gasteiger charge is 2.51. The molecule has 2 nitrogen and oxygen atoms in total. The minimum absolute atomic E-state index is 0.0671. The van der Waals surface area contributed by atoms with E-state index >= 15 is 0 Å². The number of ketones is 1. The molecule has 0 aromatic rings. The number of carbonyl (C=O) groups is 1. The molecule has 2 atom stereocenters. The van der Waals surface area contributed by atoms with Crippen LogP contribution in [0.2, 0.25) is 0 Å². The first kappa shape index (κ1) is 5.76. The van der Waals surface area contributed by atoms with Crippen molar-refractivity contribution in [1.82, 2.24) is 0 Å². The van der Waals surface area contributed by atoms with Gasteiger partial charge in [-0.2, -0.15) is 0 Å². The Morgan fingerprint density at radius 3 is 2.25 bits per heavy atom. The number of Topliss-reactive ketones (excluding diaryl/α,β-unsaturated/α-hetero) is 1. The number of hydrogen-bond acceptors (Lipinski definition) is 2. The number of aliphatic hydroxyl groups is 1. The second-order valence-corrected chi connectivity index (χ2v) is 2.72. The Morgan fingerprint density at radius 1 is 1.88 bits per heavy atom. The molecule has 1 aliphatic carbocycles. The topological polar surface area (TPSA) is 37.3 Å². The lowest BCUT2D eigenvalue weighted by molar-refractivity contribution is -0.119. The Bertz CT molecular complexity index is 126. The van der Waals surface area contributed by atoms with E-state index in [1.165, 1.54) is 6.92 Å². The van der Waals surface area contributed by atoms with Crippen molar-refractivity contribution >= 4 is 5.78 Å². The maximum atomic E-state index is 10.5. The molecule has 8 heavy (non-hydrogen) atoms. The summed E-state index contributed by atoms with van der Waals surface area (Å²) >= 11 is 0. The Hall–Kier alpha value is -0.370. The van der Waals surface area contributed by atoms with Crippen LogP contribution in [0.3, 0.4) is 0 Å². The van der Waals surface area contributed by atoms with Crippen molar-refractivity contribution in [1.29, 1.82) is 0 Å². The zero-order chi connectivity index (χ0) is 6.36. The standard InChI is InChI=1S/C6H10O2/c1-4(7)5-3-6(5,2)8/h5,8H,3H2,1-2H3. The molecule has 2 heteroatoms. The molecule has 1 rings (SSSR count). The fraction of sp³-hybridized carbons (Fsp3) is 0.833. The number of hydrogen-bond donors (Lipinski definition) is 1. The molecular formula is C6H10O2. The third-order valence-electron chi connectivity index (χ3n) is 1.70. The SMILES string of the molecule is CC(=O)C1CC1(C)O. The highest BCUT2D eigenvalue weighted by atomic mass is 16.3. The van der Waals surface area contributed by atoms with Crippen LogP contribution >= 0.6 is 0 Å². The molecule has 0 aromatic carbocycles. The maximum Gasteiger partial charge on any atom is 0.135 e. The molecule has 0 spiro atoms. The van der Waals surface area contributed by atoms with Gasteiger partial charge in [-0.3, -0.25) is 4.79 Å². The van der Waals surface area contributed by atoms with E-state index in [4.69, 9.17) is 5.11 Å². The summed E-state index contributed by atoms with van der Waals surface area (Å²) in [7, 11) is 0. The number of carbonyl (C=O) groups excluding carboxylic acids is 1. The average Bonchev–Trinajstić information content (AvgIpc) is 2.13. The molecule has 0 amide bonds. The highest BCUT2D eigenvalue weighted by Crippen LogP contribution is 2.42. The van der Waals surface area contributed by atoms with E-state index in [-0.39, 0.29) is 11.7 Å². The van der Waals surface area contributed by atoms with Crippen LogP contribution in [0.25, 0.3) is 0 Å². The largest absolute Gasteiger partial charge is 0.389 e. The van der Waals surface area contributed by atoms with E-state index in [9.17, 15) is 4.79 Å². The van der Waals surface area contributed by atoms with Gasteiger partial charge in [-0.05, 0) is 20.3 Å². The van der Waals surface area contributed by atoms with Crippen molar-refractivity contribution in [3.63, 3.8) is 0 Å². The smallest absolute Gasteiger partial charge is 0.135 e. The van der Waals surface area contributed by atoms with Gasteiger partial charge in [-0.25, -0.2) is 0 Å². The summed E-state index contributed by atoms with van der Waals surface area (Å²) in [4.78, 5) is 10.5. The highest BCUT2D eigenvalue weighted by molar-refractivity contribution is 5.82. The van der Waals surface area contributed by atoms with Crippen molar-refractivity contribution in [3.8, 4) is 0 Å². The van der Waals surface area contributed by atoms with Crippen LogP contribution in [0.5, 0.6) is 0 Å². The van der Waals surface area contributed by atoms with Gasteiger partial charge in [-0.1, -0.05) is 0 Å². The second kappa shape index (κ2) is 1.32. The Morgan fingerprint density at radius 2 is 2.25 bits per heavy atom. The monoisotopic (exact) mass is 114 g/mol. The maximum absolute atomic E-state index is 10.5. The molecule has 1 fully saturated rings. The molecule has 0 radical (unpaired) electrons. The summed E-state index contributed by atoms with van der Waals surface area (Å²) < 4.78 is 0. The Kier molecular flexibility index (Phi) is 0.949. The summed E-state index contributed by atoms with van der Waals surface area (Å²) in [5.74, 6) is 0.0394. The zero-order valence-electron chi connectivity index (χ0n) is 5.14. The first-order valence-electron chi connectivity index (χ1n) is 2.77. The molecule has 0 bridgehead atoms. The molecule has 0 aromatic heterocycles. The summed E-state index contributed by atoms with van der Waals surface area (Å²) in [6.45, 7) is 3.21. The fourth-order valence-electron chi connectivity index (χ4n) is 0.936. The quantitative estimate of drug-likeness (QED) is 0.534. The molecule has 1 N–H and O–H groups in total. The third kappa shape index (κ3) is 0.757. The Balaban J connectivity index is 2.48. The lowest BCUT2D eigenvalue weighted by Crippen LogP contribution is -2.08. The van der Waals surface area contributed by atoms with Crippen LogP contribution in [0.15, 0.2) is 0 Å². The van der Waals surface area contributed by atoms with Crippen molar-refractivity contribution < 1.29 is 9.90 Å². The minimum atomic E-state index is -0.661. The lowest BCUT2D eigenvalue weighted by atomic mass is 10.2. The van der Waals surface area contributed by atoms with Crippen LogP contribution in [0, 0.1) is 5.92 Å². The van der Waals surface area contributed by atoms with Crippen molar-refractivity contribution in [2.45, 2.75) is 25.9 Å². The number of rotatable bonds is 1. The molecule has 0 heterocycles. The predicted molar refractivity (Wildman–Crippen MR) is 29.4 cm³/mol. The van der Waals surface area contributed by atoms with Gasteiger partial charge < -0.3 is 5.11 Å². The fourth-order valence-corrected chi connectivity index (χ4v) is 0.936. The first-order chi connectivity index (χ1) is 3.54. The van der Waals surface area contributed by atoms with Crippen molar-refractivity contribution in [3.05, 3.63) is 0 Å². The van der Waals surface area contributed by atoms with E-state index in [0.717, 1.165) is 0 Å². The zero-order valence-corrected chi connectivity index (χ0v) is 5.14. The van der Waals surface area contributed by atoms with Gasteiger partial charge in [0.15, 0.2) is 0 Å². The van der Waals surface area contributed by atoms with Gasteiger partial charge in [-0.15, -0.1) is 0 Å². The Labute approximate surface area is 48.5 Å². The first-order valence-corrected chi connectivity index (χ1v) is 2.77. The van der Waals surface area contributed by atoms with Crippen molar-refractivity contribution in [2.75, 3.05) is 0 Å². The van der Waals surface area contributed by atoms with E-state index in [1.54, 1.807) is 6.92 Å². The molecule has 46 valence electrons. The van der Waals surface area contributed by atoms with Gasteiger partial charge in [0.1, 0.15) is 5.78 Å². The van der Waals surface area contributed by atoms with Crippen LogP contribution < -0.4 is 0 Å². The van der Waals surface area contributed by atoms with E-state index in [1.807, 2.05) is 0 Å². The summed E-state index contributed by atoms with van der Waals surface area (Å²) in [6, 6.07) is 0. The van der Waals surface area contributed by atoms with Gasteiger partial charge >= 0.3 is 0 Å². The van der Waals surface area contributed by atoms with Gasteiger partial charge in [0.2, 0.25) is 0 Å². The van der Waals surface area contributed by atoms with Gasteiger partial charge in [0, 0.05) is 5.92 Å². The van der Waals surface area contributed by atoms with Crippen LogP contribution in [-0.4, -0.2) is 16.5 Å². The molecule has 2 unspecified atom stereocenters. The lowest BCUT2D eigenvalue weighted by Gasteiger charge is -1.95. The summed E-state index contributed by atoms with van der Waals surface area (Å²) in [5.41, 5.74) is -0.661. The van der Waals surface area contributed by atoms with Gasteiger partial charge in [0.05, 0.1) is 5.60 Å². The van der Waals surface area contributed by atoms with E-state index < -0.39 is 5.60 Å². The van der Waals surface area contributed by atoms with Crippen LogP contribution in [0.1, 0.15) is 20.3 Å². The molecule has 1 saturated carbocycles. The predicted octanol–water partition coefficient (Wildman–Crippen LogP) is 0.346. The second-order valence-electron chi connectivity index (χ2n) is 2.72. The van der Waals surface area contributed by atoms with Crippen LogP contribution in [-0.2, 0) is 4.79 Å². The van der Waals surface area contributed by atoms with Gasteiger partial charge in [0.25, 0.3) is 0 Å². The summed E-state index contributed by atoms with van der Waals surface area (Å²) in [6.07, 6.45) is 0.655. The molecule has 1 aliphatic rings. The molecular weight excluding hydrogens is 104 g/mol. The molecule has 0 aliphatic heterocycles. The minimum Gasteiger partial charge on any atom is -0.389 e. The average molecular weight is 114 g/mol. The third-order valence-corrected chi connectivity index (χ3v) is 1.70. The van der Waals surface area contributed by atoms with E-state index in [2.05, 4.69) is 0 Å². The van der Waals surface area contributed by atoms with Crippen LogP contribution in [0.4, 0.5) is 0 Å². The molecule has 0 saturated heterocycles. The van der Waals surface area contributed by atoms with E-state index in [0.29, 0.717) is 6.42 Å². The summed E-state index contributed by atoms with van der Waals surface area (Å²) in [5, 5.41) is 9.04. The van der Waals surface area contributed by atoms with Crippen molar-refractivity contribution in [2.24, 2.45) is 5.92 Å². The normalized spacial score (nSPS) is 44.1.